The Hall–Kier alpha value is -2.25. The van der Waals surface area contributed by atoms with Crippen molar-refractivity contribution in [2.75, 3.05) is 11.9 Å². The summed E-state index contributed by atoms with van der Waals surface area (Å²) < 4.78 is 40.6. The van der Waals surface area contributed by atoms with E-state index in [1.54, 1.807) is 31.2 Å². The Morgan fingerprint density at radius 2 is 1.92 bits per heavy atom. The van der Waals surface area contributed by atoms with Gasteiger partial charge in [0.05, 0.1) is 4.90 Å². The summed E-state index contributed by atoms with van der Waals surface area (Å²) in [6.07, 6.45) is 1.02. The number of sulfonamides is 1. The van der Waals surface area contributed by atoms with Crippen molar-refractivity contribution in [3.8, 4) is 0 Å². The molecule has 0 aliphatic carbocycles. The van der Waals surface area contributed by atoms with Crippen LogP contribution >= 0.6 is 0 Å². The molecule has 1 heterocycles. The molecule has 0 bridgehead atoms. The van der Waals surface area contributed by atoms with Crippen molar-refractivity contribution in [2.24, 2.45) is 0 Å². The summed E-state index contributed by atoms with van der Waals surface area (Å²) in [5.74, 6) is -0.953. The quantitative estimate of drug-likeness (QED) is 0.909. The Kier molecular flexibility index (Phi) is 4.87. The second-order valence-corrected chi connectivity index (χ2v) is 7.93. The number of hydrogen-bond acceptors (Lipinski definition) is 3. The highest BCUT2D eigenvalue weighted by atomic mass is 32.2. The normalized spacial score (nSPS) is 18.2. The van der Waals surface area contributed by atoms with Crippen LogP contribution in [0, 0.1) is 12.7 Å². The molecule has 0 spiro atoms. The number of halogens is 1. The summed E-state index contributed by atoms with van der Waals surface area (Å²) in [6.45, 7) is 1.81. The zero-order chi connectivity index (χ0) is 18.0. The number of anilines is 1. The van der Waals surface area contributed by atoms with E-state index in [9.17, 15) is 17.6 Å². The average molecular weight is 362 g/mol. The van der Waals surface area contributed by atoms with Gasteiger partial charge in [0, 0.05) is 12.2 Å². The van der Waals surface area contributed by atoms with E-state index in [1.807, 2.05) is 6.07 Å². The van der Waals surface area contributed by atoms with Crippen LogP contribution in [0.25, 0.3) is 0 Å². The molecule has 1 fully saturated rings. The molecule has 1 aliphatic heterocycles. The Bertz CT molecular complexity index is 884. The largest absolute Gasteiger partial charge is 0.325 e. The third-order valence-corrected chi connectivity index (χ3v) is 6.20. The van der Waals surface area contributed by atoms with Crippen molar-refractivity contribution in [1.82, 2.24) is 4.31 Å². The molecule has 132 valence electrons. The molecule has 1 atom stereocenters. The van der Waals surface area contributed by atoms with Gasteiger partial charge in [-0.1, -0.05) is 24.3 Å². The summed E-state index contributed by atoms with van der Waals surface area (Å²) in [5.41, 5.74) is 0.983. The maximum Gasteiger partial charge on any atom is 0.243 e. The summed E-state index contributed by atoms with van der Waals surface area (Å²) in [7, 11) is -3.93. The first kappa shape index (κ1) is 17.6. The molecule has 2 aromatic rings. The van der Waals surface area contributed by atoms with Gasteiger partial charge in [0.2, 0.25) is 15.9 Å². The zero-order valence-corrected chi connectivity index (χ0v) is 14.6. The van der Waals surface area contributed by atoms with E-state index < -0.39 is 21.9 Å². The number of carbonyl (C=O) groups is 1. The van der Waals surface area contributed by atoms with E-state index in [4.69, 9.17) is 0 Å². The summed E-state index contributed by atoms with van der Waals surface area (Å²) in [4.78, 5) is 12.4. The number of aryl methyl sites for hydroxylation is 1. The van der Waals surface area contributed by atoms with E-state index in [2.05, 4.69) is 5.32 Å². The van der Waals surface area contributed by atoms with Crippen molar-refractivity contribution >= 4 is 21.6 Å². The van der Waals surface area contributed by atoms with Crippen LogP contribution in [0.4, 0.5) is 10.1 Å². The number of para-hydroxylation sites is 1. The van der Waals surface area contributed by atoms with Gasteiger partial charge in [0.1, 0.15) is 11.9 Å². The summed E-state index contributed by atoms with van der Waals surface area (Å²) in [6, 6.07) is 11.9. The number of nitrogens with one attached hydrogen (secondary N) is 1. The summed E-state index contributed by atoms with van der Waals surface area (Å²) >= 11 is 0. The highest BCUT2D eigenvalue weighted by Crippen LogP contribution is 2.27. The average Bonchev–Trinajstić information content (AvgIpc) is 3.09. The second kappa shape index (κ2) is 6.93. The van der Waals surface area contributed by atoms with Gasteiger partial charge in [-0.2, -0.15) is 4.31 Å². The molecular weight excluding hydrogens is 343 g/mol. The predicted octanol–water partition coefficient (Wildman–Crippen LogP) is 2.93. The van der Waals surface area contributed by atoms with Gasteiger partial charge in [-0.25, -0.2) is 12.8 Å². The van der Waals surface area contributed by atoms with E-state index in [-0.39, 0.29) is 17.3 Å². The molecule has 0 aromatic heterocycles. The Labute approximate surface area is 146 Å². The number of benzene rings is 2. The number of hydrogen-bond donors (Lipinski definition) is 1. The van der Waals surface area contributed by atoms with Crippen LogP contribution < -0.4 is 5.32 Å². The van der Waals surface area contributed by atoms with Gasteiger partial charge in [-0.15, -0.1) is 0 Å². The van der Waals surface area contributed by atoms with Crippen LogP contribution in [0.5, 0.6) is 0 Å². The molecular formula is C18H19FN2O3S. The molecule has 3 rings (SSSR count). The second-order valence-electron chi connectivity index (χ2n) is 6.04. The molecule has 0 radical (unpaired) electrons. The fraction of sp³-hybridized carbons (Fsp3) is 0.278. The fourth-order valence-electron chi connectivity index (χ4n) is 2.91. The van der Waals surface area contributed by atoms with Gasteiger partial charge in [0.15, 0.2) is 0 Å². The van der Waals surface area contributed by atoms with Gasteiger partial charge in [0.25, 0.3) is 0 Å². The minimum absolute atomic E-state index is 0.130. The van der Waals surface area contributed by atoms with Crippen LogP contribution in [0.2, 0.25) is 0 Å². The molecule has 1 saturated heterocycles. The third-order valence-electron chi connectivity index (χ3n) is 4.30. The lowest BCUT2D eigenvalue weighted by Gasteiger charge is -2.23. The molecule has 2 aromatic carbocycles. The van der Waals surface area contributed by atoms with Crippen molar-refractivity contribution in [1.29, 1.82) is 0 Å². The molecule has 1 unspecified atom stereocenters. The maximum absolute atomic E-state index is 13.8. The number of nitrogens with zero attached hydrogens (tertiary/aromatic N) is 1. The molecule has 7 heteroatoms. The van der Waals surface area contributed by atoms with Crippen molar-refractivity contribution in [3.05, 3.63) is 59.9 Å². The molecule has 0 saturated carbocycles. The van der Waals surface area contributed by atoms with Crippen LogP contribution in [0.3, 0.4) is 0 Å². The van der Waals surface area contributed by atoms with Crippen LogP contribution in [-0.4, -0.2) is 31.2 Å². The smallest absolute Gasteiger partial charge is 0.243 e. The minimum Gasteiger partial charge on any atom is -0.325 e. The molecule has 1 amide bonds. The van der Waals surface area contributed by atoms with Crippen molar-refractivity contribution in [2.45, 2.75) is 30.7 Å². The number of carbonyl (C=O) groups excluding carboxylic acids is 1. The van der Waals surface area contributed by atoms with E-state index in [1.165, 1.54) is 12.1 Å². The first-order valence-corrected chi connectivity index (χ1v) is 9.47. The van der Waals surface area contributed by atoms with Crippen LogP contribution in [0.15, 0.2) is 53.4 Å². The molecule has 25 heavy (non-hydrogen) atoms. The van der Waals surface area contributed by atoms with Crippen molar-refractivity contribution < 1.29 is 17.6 Å². The van der Waals surface area contributed by atoms with Crippen molar-refractivity contribution in [3.63, 3.8) is 0 Å². The standard InChI is InChI=1S/C18H19FN2O3S/c1-13-9-10-15(12-16(13)19)25(23,24)21-11-5-8-17(21)18(22)20-14-6-3-2-4-7-14/h2-4,6-7,9-10,12,17H,5,8,11H2,1H3,(H,20,22). The minimum atomic E-state index is -3.93. The van der Waals surface area contributed by atoms with E-state index in [0.29, 0.717) is 24.1 Å². The lowest BCUT2D eigenvalue weighted by Crippen LogP contribution is -2.43. The SMILES string of the molecule is Cc1ccc(S(=O)(=O)N2CCCC2C(=O)Nc2ccccc2)cc1F. The monoisotopic (exact) mass is 362 g/mol. The third kappa shape index (κ3) is 3.57. The summed E-state index contributed by atoms with van der Waals surface area (Å²) in [5, 5.41) is 2.74. The number of rotatable bonds is 4. The highest BCUT2D eigenvalue weighted by Gasteiger charge is 2.39. The Morgan fingerprint density at radius 1 is 1.20 bits per heavy atom. The Balaban J connectivity index is 1.85. The van der Waals surface area contributed by atoms with Gasteiger partial charge >= 0.3 is 0 Å². The lowest BCUT2D eigenvalue weighted by atomic mass is 10.2. The molecule has 1 N–H and O–H groups in total. The zero-order valence-electron chi connectivity index (χ0n) is 13.8. The topological polar surface area (TPSA) is 66.5 Å². The molecule has 5 nitrogen and oxygen atoms in total. The first-order chi connectivity index (χ1) is 11.9. The Morgan fingerprint density at radius 3 is 2.60 bits per heavy atom. The van der Waals surface area contributed by atoms with Gasteiger partial charge in [-0.3, -0.25) is 4.79 Å². The molecule has 1 aliphatic rings. The highest BCUT2D eigenvalue weighted by molar-refractivity contribution is 7.89. The lowest BCUT2D eigenvalue weighted by molar-refractivity contribution is -0.119. The van der Waals surface area contributed by atoms with Gasteiger partial charge in [-0.05, 0) is 49.6 Å². The van der Waals surface area contributed by atoms with Crippen LogP contribution in [0.1, 0.15) is 18.4 Å². The van der Waals surface area contributed by atoms with Crippen LogP contribution in [-0.2, 0) is 14.8 Å². The predicted molar refractivity (Wildman–Crippen MR) is 93.1 cm³/mol. The van der Waals surface area contributed by atoms with E-state index in [0.717, 1.165) is 10.4 Å². The first-order valence-electron chi connectivity index (χ1n) is 8.03. The number of amides is 1. The maximum atomic E-state index is 13.8. The van der Waals surface area contributed by atoms with E-state index >= 15 is 0 Å². The van der Waals surface area contributed by atoms with Gasteiger partial charge < -0.3 is 5.32 Å². The fourth-order valence-corrected chi connectivity index (χ4v) is 4.58.